The van der Waals surface area contributed by atoms with E-state index in [1.54, 1.807) is 54.9 Å². The summed E-state index contributed by atoms with van der Waals surface area (Å²) in [5.74, 6) is -0.915. The van der Waals surface area contributed by atoms with Crippen molar-refractivity contribution in [3.8, 4) is 5.75 Å². The molecular formula is C26H21ClN2O4. The summed E-state index contributed by atoms with van der Waals surface area (Å²) < 4.78 is 5.66. The average Bonchev–Trinajstić information content (AvgIpc) is 3.11. The molecule has 33 heavy (non-hydrogen) atoms. The minimum atomic E-state index is -0.820. The number of nitrogens with zero attached hydrogens (tertiary/aromatic N) is 2. The Balaban J connectivity index is 1.69. The molecule has 0 radical (unpaired) electrons. The number of ketones is 1. The van der Waals surface area contributed by atoms with Gasteiger partial charge in [-0.1, -0.05) is 17.7 Å². The van der Waals surface area contributed by atoms with Gasteiger partial charge in [0.25, 0.3) is 11.7 Å². The third kappa shape index (κ3) is 3.66. The number of pyridine rings is 1. The SMILES string of the molecule is Cc1ccc(N2C(=O)C(=O)/C(=C(\O)c3ccc4c(c3)CCCO4)C2c2ccncc2)cc1Cl. The number of hydrogen-bond donors (Lipinski definition) is 1. The van der Waals surface area contributed by atoms with Crippen LogP contribution in [-0.4, -0.2) is 28.4 Å². The number of carbonyl (C=O) groups excluding carboxylic acids is 2. The number of aliphatic hydroxyl groups is 1. The van der Waals surface area contributed by atoms with Crippen molar-refractivity contribution in [2.24, 2.45) is 0 Å². The van der Waals surface area contributed by atoms with Gasteiger partial charge in [0.1, 0.15) is 11.5 Å². The molecule has 5 rings (SSSR count). The maximum Gasteiger partial charge on any atom is 0.300 e. The lowest BCUT2D eigenvalue weighted by Gasteiger charge is -2.26. The molecule has 1 amide bonds. The van der Waals surface area contributed by atoms with Crippen molar-refractivity contribution in [1.82, 2.24) is 4.98 Å². The van der Waals surface area contributed by atoms with Crippen LogP contribution in [-0.2, 0) is 16.0 Å². The van der Waals surface area contributed by atoms with Crippen LogP contribution in [0.1, 0.15) is 34.7 Å². The molecule has 7 heteroatoms. The van der Waals surface area contributed by atoms with Crippen molar-refractivity contribution in [1.29, 1.82) is 0 Å². The highest BCUT2D eigenvalue weighted by Crippen LogP contribution is 2.43. The second-order valence-electron chi connectivity index (χ2n) is 8.16. The normalized spacial score (nSPS) is 19.3. The number of aliphatic hydroxyl groups excluding tert-OH is 1. The number of rotatable bonds is 3. The monoisotopic (exact) mass is 460 g/mol. The molecule has 0 spiro atoms. The Bertz CT molecular complexity index is 1300. The second-order valence-corrected chi connectivity index (χ2v) is 8.56. The summed E-state index contributed by atoms with van der Waals surface area (Å²) >= 11 is 6.33. The summed E-state index contributed by atoms with van der Waals surface area (Å²) in [4.78, 5) is 31.9. The first-order valence-electron chi connectivity index (χ1n) is 10.7. The van der Waals surface area contributed by atoms with Gasteiger partial charge in [0.15, 0.2) is 0 Å². The molecule has 2 aromatic carbocycles. The molecule has 1 atom stereocenters. The van der Waals surface area contributed by atoms with E-state index in [0.717, 1.165) is 29.7 Å². The Labute approximate surface area is 196 Å². The van der Waals surface area contributed by atoms with Crippen LogP contribution < -0.4 is 9.64 Å². The predicted molar refractivity (Wildman–Crippen MR) is 125 cm³/mol. The highest BCUT2D eigenvalue weighted by atomic mass is 35.5. The molecule has 0 saturated carbocycles. The van der Waals surface area contributed by atoms with Crippen molar-refractivity contribution >= 4 is 34.7 Å². The highest BCUT2D eigenvalue weighted by molar-refractivity contribution is 6.51. The summed E-state index contributed by atoms with van der Waals surface area (Å²) in [6.45, 7) is 2.52. The molecule has 2 aliphatic heterocycles. The Morgan fingerprint density at radius 2 is 1.91 bits per heavy atom. The molecule has 1 fully saturated rings. The van der Waals surface area contributed by atoms with Crippen molar-refractivity contribution < 1.29 is 19.4 Å². The van der Waals surface area contributed by atoms with E-state index in [-0.39, 0.29) is 11.3 Å². The third-order valence-corrected chi connectivity index (χ3v) is 6.49. The fourth-order valence-electron chi connectivity index (χ4n) is 4.35. The van der Waals surface area contributed by atoms with Crippen LogP contribution in [0, 0.1) is 6.92 Å². The molecule has 2 aliphatic rings. The molecule has 3 aromatic rings. The molecule has 1 N–H and O–H groups in total. The fraction of sp³-hybridized carbons (Fsp3) is 0.192. The number of ether oxygens (including phenoxy) is 1. The van der Waals surface area contributed by atoms with Gasteiger partial charge in [0.2, 0.25) is 0 Å². The van der Waals surface area contributed by atoms with Crippen LogP contribution >= 0.6 is 11.6 Å². The number of halogens is 1. The molecular weight excluding hydrogens is 440 g/mol. The third-order valence-electron chi connectivity index (χ3n) is 6.08. The van der Waals surface area contributed by atoms with E-state index < -0.39 is 17.7 Å². The molecule has 6 nitrogen and oxygen atoms in total. The van der Waals surface area contributed by atoms with Crippen LogP contribution in [0.5, 0.6) is 5.75 Å². The number of aryl methyl sites for hydroxylation is 2. The number of amides is 1. The van der Waals surface area contributed by atoms with Gasteiger partial charge >= 0.3 is 0 Å². The Kier molecular flexibility index (Phi) is 5.38. The van der Waals surface area contributed by atoms with Crippen molar-refractivity contribution in [3.05, 3.63) is 93.8 Å². The van der Waals surface area contributed by atoms with Crippen molar-refractivity contribution in [3.63, 3.8) is 0 Å². The first-order valence-corrected chi connectivity index (χ1v) is 11.1. The quantitative estimate of drug-likeness (QED) is 0.338. The van der Waals surface area contributed by atoms with E-state index in [0.29, 0.717) is 28.4 Å². The van der Waals surface area contributed by atoms with Gasteiger partial charge in [-0.3, -0.25) is 19.5 Å². The lowest BCUT2D eigenvalue weighted by molar-refractivity contribution is -0.132. The molecule has 0 bridgehead atoms. The highest BCUT2D eigenvalue weighted by Gasteiger charge is 2.47. The predicted octanol–water partition coefficient (Wildman–Crippen LogP) is 4.99. The number of aromatic nitrogens is 1. The summed E-state index contributed by atoms with van der Waals surface area (Å²) in [6, 6.07) is 13.2. The van der Waals surface area contributed by atoms with Crippen molar-refractivity contribution in [2.75, 3.05) is 11.5 Å². The lowest BCUT2D eigenvalue weighted by Crippen LogP contribution is -2.29. The van der Waals surface area contributed by atoms with Crippen LogP contribution in [0.4, 0.5) is 5.69 Å². The van der Waals surface area contributed by atoms with Gasteiger partial charge in [-0.05, 0) is 78.9 Å². The minimum absolute atomic E-state index is 0.0274. The van der Waals surface area contributed by atoms with Gasteiger partial charge in [-0.25, -0.2) is 0 Å². The number of benzene rings is 2. The molecule has 1 saturated heterocycles. The molecule has 166 valence electrons. The van der Waals surface area contributed by atoms with E-state index in [4.69, 9.17) is 16.3 Å². The summed E-state index contributed by atoms with van der Waals surface area (Å²) in [6.07, 6.45) is 4.88. The number of hydrogen-bond acceptors (Lipinski definition) is 5. The number of anilines is 1. The maximum atomic E-state index is 13.2. The van der Waals surface area contributed by atoms with Gasteiger partial charge in [0, 0.05) is 28.7 Å². The number of Topliss-reactive ketones (excluding diaryl/α,β-unsaturated/α-hetero) is 1. The zero-order valence-electron chi connectivity index (χ0n) is 17.9. The minimum Gasteiger partial charge on any atom is -0.507 e. The summed E-state index contributed by atoms with van der Waals surface area (Å²) in [5.41, 5.74) is 3.45. The first-order chi connectivity index (χ1) is 16.0. The van der Waals surface area contributed by atoms with Crippen LogP contribution in [0.25, 0.3) is 5.76 Å². The van der Waals surface area contributed by atoms with Gasteiger partial charge < -0.3 is 9.84 Å². The van der Waals surface area contributed by atoms with Gasteiger partial charge in [-0.2, -0.15) is 0 Å². The Morgan fingerprint density at radius 1 is 1.12 bits per heavy atom. The van der Waals surface area contributed by atoms with E-state index in [1.807, 2.05) is 13.0 Å². The van der Waals surface area contributed by atoms with E-state index in [9.17, 15) is 14.7 Å². The van der Waals surface area contributed by atoms with Crippen LogP contribution in [0.3, 0.4) is 0 Å². The van der Waals surface area contributed by atoms with E-state index in [1.165, 1.54) is 4.90 Å². The number of fused-ring (bicyclic) bond motifs is 1. The van der Waals surface area contributed by atoms with E-state index in [2.05, 4.69) is 4.98 Å². The lowest BCUT2D eigenvalue weighted by atomic mass is 9.94. The van der Waals surface area contributed by atoms with Gasteiger partial charge in [-0.15, -0.1) is 0 Å². The van der Waals surface area contributed by atoms with Gasteiger partial charge in [0.05, 0.1) is 18.2 Å². The average molecular weight is 461 g/mol. The summed E-state index contributed by atoms with van der Waals surface area (Å²) in [7, 11) is 0. The van der Waals surface area contributed by atoms with Crippen LogP contribution in [0.15, 0.2) is 66.5 Å². The maximum absolute atomic E-state index is 13.2. The largest absolute Gasteiger partial charge is 0.507 e. The smallest absolute Gasteiger partial charge is 0.300 e. The summed E-state index contributed by atoms with van der Waals surface area (Å²) in [5, 5.41) is 11.8. The molecule has 3 heterocycles. The first kappa shape index (κ1) is 21.2. The van der Waals surface area contributed by atoms with E-state index >= 15 is 0 Å². The molecule has 1 unspecified atom stereocenters. The van der Waals surface area contributed by atoms with Crippen LogP contribution in [0.2, 0.25) is 5.02 Å². The Hall–Kier alpha value is -3.64. The Morgan fingerprint density at radius 3 is 2.67 bits per heavy atom. The topological polar surface area (TPSA) is 79.7 Å². The second kappa shape index (κ2) is 8.37. The zero-order valence-corrected chi connectivity index (χ0v) is 18.7. The van der Waals surface area contributed by atoms with Crippen molar-refractivity contribution in [2.45, 2.75) is 25.8 Å². The molecule has 1 aromatic heterocycles. The standard InChI is InChI=1S/C26H21ClN2O4/c1-15-4-6-19(14-20(15)27)29-23(16-8-10-28-11-9-16)22(25(31)26(29)32)24(30)18-5-7-21-17(13-18)3-2-12-33-21/h4-11,13-14,23,30H,2-3,12H2,1H3/b24-22-. The number of carbonyl (C=O) groups is 2. The fourth-order valence-corrected chi connectivity index (χ4v) is 4.53. The molecule has 0 aliphatic carbocycles. The zero-order chi connectivity index (χ0) is 23.1.